The summed E-state index contributed by atoms with van der Waals surface area (Å²) in [7, 11) is 0. The van der Waals surface area contributed by atoms with Crippen LogP contribution in [0.1, 0.15) is 90.2 Å². The summed E-state index contributed by atoms with van der Waals surface area (Å²) in [5, 5.41) is 3.01. The molecule has 32 heavy (non-hydrogen) atoms. The van der Waals surface area contributed by atoms with Gasteiger partial charge in [0.2, 0.25) is 0 Å². The number of carbonyl (C=O) groups is 1. The zero-order chi connectivity index (χ0) is 23.3. The van der Waals surface area contributed by atoms with Crippen LogP contribution in [-0.2, 0) is 17.3 Å². The Morgan fingerprint density at radius 1 is 0.875 bits per heavy atom. The molecule has 1 N–H and O–H groups in total. The maximum Gasteiger partial charge on any atom is 0.291 e. The Labute approximate surface area is 192 Å². The smallest absolute Gasteiger partial charge is 0.291 e. The lowest BCUT2D eigenvalue weighted by Crippen LogP contribution is -2.34. The summed E-state index contributed by atoms with van der Waals surface area (Å²) < 4.78 is 5.98. The zero-order valence-electron chi connectivity index (χ0n) is 20.5. The van der Waals surface area contributed by atoms with Crippen molar-refractivity contribution in [1.29, 1.82) is 0 Å². The third-order valence-corrected chi connectivity index (χ3v) is 7.28. The van der Waals surface area contributed by atoms with Gasteiger partial charge in [-0.1, -0.05) is 58.0 Å². The number of amides is 1. The first kappa shape index (κ1) is 22.4. The van der Waals surface area contributed by atoms with E-state index in [0.717, 1.165) is 22.6 Å². The van der Waals surface area contributed by atoms with Crippen LogP contribution in [0.3, 0.4) is 0 Å². The lowest BCUT2D eigenvalue weighted by molar-refractivity contribution is 0.0995. The molecule has 0 atom stereocenters. The molecule has 1 amide bonds. The van der Waals surface area contributed by atoms with Crippen LogP contribution >= 0.6 is 0 Å². The first-order chi connectivity index (χ1) is 15.0. The second-order valence-corrected chi connectivity index (χ2v) is 10.8. The molecule has 0 radical (unpaired) electrons. The van der Waals surface area contributed by atoms with Gasteiger partial charge in [-0.05, 0) is 90.0 Å². The molecule has 3 heteroatoms. The number of hydrogen-bond acceptors (Lipinski definition) is 2. The van der Waals surface area contributed by atoms with E-state index in [1.54, 1.807) is 6.07 Å². The highest BCUT2D eigenvalue weighted by molar-refractivity contribution is 6.03. The third-order valence-electron chi connectivity index (χ3n) is 7.28. The topological polar surface area (TPSA) is 42.2 Å². The van der Waals surface area contributed by atoms with Crippen molar-refractivity contribution in [2.75, 3.05) is 5.32 Å². The summed E-state index contributed by atoms with van der Waals surface area (Å²) >= 11 is 0. The number of hydrogen-bond donors (Lipinski definition) is 1. The van der Waals surface area contributed by atoms with Gasteiger partial charge in [-0.25, -0.2) is 0 Å². The fraction of sp³-hybridized carbons (Fsp3) is 0.414. The number of fused-ring (bicyclic) bond motifs is 1. The molecule has 0 saturated carbocycles. The number of carbonyl (C=O) groups excluding carboxylic acids is 1. The quantitative estimate of drug-likeness (QED) is 0.469. The van der Waals surface area contributed by atoms with Crippen molar-refractivity contribution in [3.05, 3.63) is 87.4 Å². The van der Waals surface area contributed by atoms with Crippen LogP contribution in [0.15, 0.2) is 46.9 Å². The average molecular weight is 430 g/mol. The van der Waals surface area contributed by atoms with E-state index in [4.69, 9.17) is 4.42 Å². The Kier molecular flexibility index (Phi) is 5.56. The second-order valence-electron chi connectivity index (χ2n) is 10.8. The van der Waals surface area contributed by atoms with Gasteiger partial charge in [0.1, 0.15) is 5.76 Å². The van der Waals surface area contributed by atoms with Gasteiger partial charge in [-0.2, -0.15) is 0 Å². The molecular formula is C29H35NO2. The lowest BCUT2D eigenvalue weighted by atomic mass is 9.62. The first-order valence-electron chi connectivity index (χ1n) is 11.6. The highest BCUT2D eigenvalue weighted by atomic mass is 16.3. The molecule has 168 valence electrons. The van der Waals surface area contributed by atoms with E-state index in [1.165, 1.54) is 35.1 Å². The highest BCUT2D eigenvalue weighted by Gasteiger charge is 2.37. The standard InChI is InChI=1S/C29H35NO2/c1-18-9-8-10-19(2)26(18)30-27(31)25-12-11-22(32-25)16-21-17-24-23(15-20(21)3)28(4,5)13-14-29(24,6)7/h8-12,15,17H,13-14,16H2,1-7H3,(H,30,31). The van der Waals surface area contributed by atoms with Crippen LogP contribution < -0.4 is 5.32 Å². The molecule has 0 bridgehead atoms. The fourth-order valence-corrected chi connectivity index (χ4v) is 4.93. The van der Waals surface area contributed by atoms with Crippen molar-refractivity contribution < 1.29 is 9.21 Å². The molecule has 1 aliphatic carbocycles. The molecule has 1 heterocycles. The summed E-state index contributed by atoms with van der Waals surface area (Å²) in [5.41, 5.74) is 8.80. The van der Waals surface area contributed by atoms with E-state index >= 15 is 0 Å². The minimum atomic E-state index is -0.210. The van der Waals surface area contributed by atoms with E-state index in [-0.39, 0.29) is 16.7 Å². The maximum absolute atomic E-state index is 12.8. The first-order valence-corrected chi connectivity index (χ1v) is 11.6. The predicted octanol–water partition coefficient (Wildman–Crippen LogP) is 7.40. The molecule has 1 aromatic heterocycles. The van der Waals surface area contributed by atoms with Gasteiger partial charge in [-0.15, -0.1) is 0 Å². The molecule has 0 spiro atoms. The summed E-state index contributed by atoms with van der Waals surface area (Å²) in [6.45, 7) is 15.6. The summed E-state index contributed by atoms with van der Waals surface area (Å²) in [5.74, 6) is 0.950. The van der Waals surface area contributed by atoms with Gasteiger partial charge in [0.25, 0.3) is 5.91 Å². The van der Waals surface area contributed by atoms with Crippen molar-refractivity contribution in [1.82, 2.24) is 0 Å². The van der Waals surface area contributed by atoms with Crippen molar-refractivity contribution >= 4 is 11.6 Å². The van der Waals surface area contributed by atoms with Gasteiger partial charge in [-0.3, -0.25) is 4.79 Å². The van der Waals surface area contributed by atoms with Crippen molar-refractivity contribution in [3.63, 3.8) is 0 Å². The van der Waals surface area contributed by atoms with E-state index in [1.807, 2.05) is 38.1 Å². The molecule has 3 nitrogen and oxygen atoms in total. The zero-order valence-corrected chi connectivity index (χ0v) is 20.5. The maximum atomic E-state index is 12.8. The minimum absolute atomic E-state index is 0.174. The molecule has 0 unspecified atom stereocenters. The molecule has 0 fully saturated rings. The number of anilines is 1. The van der Waals surface area contributed by atoms with Crippen molar-refractivity contribution in [2.45, 2.75) is 78.6 Å². The van der Waals surface area contributed by atoms with Gasteiger partial charge in [0.15, 0.2) is 5.76 Å². The van der Waals surface area contributed by atoms with E-state index in [2.05, 4.69) is 52.1 Å². The van der Waals surface area contributed by atoms with Crippen molar-refractivity contribution in [2.24, 2.45) is 0 Å². The second kappa shape index (κ2) is 7.95. The van der Waals surface area contributed by atoms with E-state index in [9.17, 15) is 4.79 Å². The molecule has 0 saturated heterocycles. The van der Waals surface area contributed by atoms with Crippen LogP contribution in [0.5, 0.6) is 0 Å². The van der Waals surface area contributed by atoms with Gasteiger partial charge >= 0.3 is 0 Å². The normalized spacial score (nSPS) is 16.5. The monoisotopic (exact) mass is 429 g/mol. The van der Waals surface area contributed by atoms with Crippen molar-refractivity contribution in [3.8, 4) is 0 Å². The number of aryl methyl sites for hydroxylation is 3. The van der Waals surface area contributed by atoms with Crippen LogP contribution in [-0.4, -0.2) is 5.91 Å². The largest absolute Gasteiger partial charge is 0.456 e. The molecule has 0 aliphatic heterocycles. The number of rotatable bonds is 4. The number of benzene rings is 2. The number of para-hydroxylation sites is 1. The Balaban J connectivity index is 1.58. The Bertz CT molecular complexity index is 1160. The number of nitrogens with one attached hydrogen (secondary N) is 1. The lowest BCUT2D eigenvalue weighted by Gasteiger charge is -2.42. The van der Waals surface area contributed by atoms with Crippen LogP contribution in [0, 0.1) is 20.8 Å². The van der Waals surface area contributed by atoms with E-state index in [0.29, 0.717) is 12.2 Å². The van der Waals surface area contributed by atoms with Crippen LogP contribution in [0.25, 0.3) is 0 Å². The minimum Gasteiger partial charge on any atom is -0.456 e. The van der Waals surface area contributed by atoms with Gasteiger partial charge < -0.3 is 9.73 Å². The van der Waals surface area contributed by atoms with Crippen LogP contribution in [0.2, 0.25) is 0 Å². The molecular weight excluding hydrogens is 394 g/mol. The number of furan rings is 1. The van der Waals surface area contributed by atoms with E-state index < -0.39 is 0 Å². The molecule has 1 aliphatic rings. The van der Waals surface area contributed by atoms with Crippen LogP contribution in [0.4, 0.5) is 5.69 Å². The average Bonchev–Trinajstić information content (AvgIpc) is 3.18. The summed E-state index contributed by atoms with van der Waals surface area (Å²) in [4.78, 5) is 12.8. The Morgan fingerprint density at radius 2 is 1.47 bits per heavy atom. The predicted molar refractivity (Wildman–Crippen MR) is 132 cm³/mol. The van der Waals surface area contributed by atoms with Gasteiger partial charge in [0, 0.05) is 12.1 Å². The molecule has 4 rings (SSSR count). The summed E-state index contributed by atoms with van der Waals surface area (Å²) in [6, 6.07) is 14.4. The fourth-order valence-electron chi connectivity index (χ4n) is 4.93. The Morgan fingerprint density at radius 3 is 2.09 bits per heavy atom. The summed E-state index contributed by atoms with van der Waals surface area (Å²) in [6.07, 6.45) is 3.09. The SMILES string of the molecule is Cc1cc2c(cc1Cc1ccc(C(=O)Nc3c(C)cccc3C)o1)C(C)(C)CCC2(C)C. The Hall–Kier alpha value is -2.81. The molecule has 2 aromatic carbocycles. The van der Waals surface area contributed by atoms with Gasteiger partial charge in [0.05, 0.1) is 0 Å². The highest BCUT2D eigenvalue weighted by Crippen LogP contribution is 2.46. The third kappa shape index (κ3) is 4.13. The molecule has 3 aromatic rings.